The highest BCUT2D eigenvalue weighted by Gasteiger charge is 2.19. The molecule has 1 aliphatic rings. The fourth-order valence-electron chi connectivity index (χ4n) is 1.75. The van der Waals surface area contributed by atoms with Crippen molar-refractivity contribution in [1.82, 2.24) is 14.8 Å². The van der Waals surface area contributed by atoms with E-state index in [-0.39, 0.29) is 6.10 Å². The van der Waals surface area contributed by atoms with Crippen LogP contribution < -0.4 is 0 Å². The lowest BCUT2D eigenvalue weighted by Gasteiger charge is -2.11. The molecular formula is C9H14ClN3O. The van der Waals surface area contributed by atoms with Crippen molar-refractivity contribution in [2.45, 2.75) is 38.8 Å². The molecule has 1 atom stereocenters. The van der Waals surface area contributed by atoms with Gasteiger partial charge in [-0.3, -0.25) is 4.57 Å². The van der Waals surface area contributed by atoms with Gasteiger partial charge in [0.25, 0.3) is 0 Å². The molecule has 5 heteroatoms. The number of aromatic nitrogens is 3. The van der Waals surface area contributed by atoms with Gasteiger partial charge in [-0.2, -0.15) is 0 Å². The van der Waals surface area contributed by atoms with Crippen LogP contribution in [0.3, 0.4) is 0 Å². The van der Waals surface area contributed by atoms with Crippen molar-refractivity contribution in [2.24, 2.45) is 0 Å². The molecular weight excluding hydrogens is 202 g/mol. The van der Waals surface area contributed by atoms with Crippen molar-refractivity contribution < 1.29 is 4.74 Å². The number of hydrogen-bond acceptors (Lipinski definition) is 3. The Bertz CT molecular complexity index is 307. The molecule has 0 spiro atoms. The van der Waals surface area contributed by atoms with Crippen molar-refractivity contribution in [3.05, 3.63) is 11.1 Å². The Morgan fingerprint density at radius 1 is 1.57 bits per heavy atom. The highest BCUT2D eigenvalue weighted by atomic mass is 35.5. The Morgan fingerprint density at radius 3 is 3.07 bits per heavy atom. The lowest BCUT2D eigenvalue weighted by atomic mass is 10.2. The van der Waals surface area contributed by atoms with Crippen LogP contribution in [0.1, 0.15) is 25.6 Å². The summed E-state index contributed by atoms with van der Waals surface area (Å²) in [5, 5.41) is 8.32. The minimum Gasteiger partial charge on any atom is -0.376 e. The van der Waals surface area contributed by atoms with Gasteiger partial charge >= 0.3 is 0 Å². The number of ether oxygens (including phenoxy) is 1. The van der Waals surface area contributed by atoms with Crippen molar-refractivity contribution in [3.63, 3.8) is 0 Å². The van der Waals surface area contributed by atoms with Crippen LogP contribution in [0, 0.1) is 0 Å². The first kappa shape index (κ1) is 9.93. The second-order valence-electron chi connectivity index (χ2n) is 3.48. The Morgan fingerprint density at radius 2 is 2.43 bits per heavy atom. The lowest BCUT2D eigenvalue weighted by molar-refractivity contribution is 0.0963. The van der Waals surface area contributed by atoms with Gasteiger partial charge < -0.3 is 4.74 Å². The highest BCUT2D eigenvalue weighted by molar-refractivity contribution is 6.28. The minimum absolute atomic E-state index is 0.286. The summed E-state index contributed by atoms with van der Waals surface area (Å²) in [6.45, 7) is 3.70. The molecule has 1 aliphatic heterocycles. The smallest absolute Gasteiger partial charge is 0.225 e. The summed E-state index contributed by atoms with van der Waals surface area (Å²) < 4.78 is 7.49. The Hall–Kier alpha value is -0.610. The molecule has 0 saturated carbocycles. The summed E-state index contributed by atoms with van der Waals surface area (Å²) in [5.74, 6) is 0.936. The monoisotopic (exact) mass is 215 g/mol. The quantitative estimate of drug-likeness (QED) is 0.770. The van der Waals surface area contributed by atoms with E-state index in [1.165, 1.54) is 0 Å². The molecule has 1 unspecified atom stereocenters. The molecule has 14 heavy (non-hydrogen) atoms. The van der Waals surface area contributed by atoms with Gasteiger partial charge in [-0.15, -0.1) is 10.2 Å². The molecule has 0 radical (unpaired) electrons. The zero-order valence-electron chi connectivity index (χ0n) is 8.24. The van der Waals surface area contributed by atoms with E-state index >= 15 is 0 Å². The Kier molecular flexibility index (Phi) is 3.03. The minimum atomic E-state index is 0.286. The molecule has 0 N–H and O–H groups in total. The first-order valence-electron chi connectivity index (χ1n) is 5.00. The molecule has 0 aromatic carbocycles. The van der Waals surface area contributed by atoms with Crippen LogP contribution in [-0.2, 0) is 17.7 Å². The number of halogens is 1. The number of hydrogen-bond donors (Lipinski definition) is 0. The van der Waals surface area contributed by atoms with Crippen LogP contribution in [0.2, 0.25) is 5.28 Å². The third-order valence-corrected chi connectivity index (χ3v) is 2.79. The van der Waals surface area contributed by atoms with Crippen molar-refractivity contribution in [3.8, 4) is 0 Å². The summed E-state index contributed by atoms with van der Waals surface area (Å²) in [6.07, 6.45) is 3.39. The molecule has 2 rings (SSSR count). The predicted octanol–water partition coefficient (Wildman–Crippen LogP) is 1.67. The van der Waals surface area contributed by atoms with Crippen LogP contribution in [0.25, 0.3) is 0 Å². The standard InChI is InChI=1S/C9H14ClN3O/c1-2-8-11-12-9(10)13(8)6-7-4-3-5-14-7/h7H,2-6H2,1H3. The SMILES string of the molecule is CCc1nnc(Cl)n1CC1CCCO1. The molecule has 0 amide bonds. The van der Waals surface area contributed by atoms with Crippen molar-refractivity contribution in [2.75, 3.05) is 6.61 Å². The van der Waals surface area contributed by atoms with Gasteiger partial charge in [-0.1, -0.05) is 6.92 Å². The summed E-state index contributed by atoms with van der Waals surface area (Å²) in [7, 11) is 0. The summed E-state index contributed by atoms with van der Waals surface area (Å²) >= 11 is 5.94. The maximum absolute atomic E-state index is 5.94. The Balaban J connectivity index is 2.09. The van der Waals surface area contributed by atoms with E-state index in [9.17, 15) is 0 Å². The first-order valence-corrected chi connectivity index (χ1v) is 5.38. The zero-order chi connectivity index (χ0) is 9.97. The van der Waals surface area contributed by atoms with E-state index < -0.39 is 0 Å². The molecule has 4 nitrogen and oxygen atoms in total. The fraction of sp³-hybridized carbons (Fsp3) is 0.778. The van der Waals surface area contributed by atoms with Gasteiger partial charge in [0, 0.05) is 13.0 Å². The van der Waals surface area contributed by atoms with Gasteiger partial charge in [0.2, 0.25) is 5.28 Å². The largest absolute Gasteiger partial charge is 0.376 e. The third-order valence-electron chi connectivity index (χ3n) is 2.51. The molecule has 78 valence electrons. The molecule has 1 aromatic heterocycles. The number of rotatable bonds is 3. The maximum Gasteiger partial charge on any atom is 0.225 e. The number of aryl methyl sites for hydroxylation is 1. The molecule has 1 saturated heterocycles. The average Bonchev–Trinajstić information content (AvgIpc) is 2.79. The van der Waals surface area contributed by atoms with Gasteiger partial charge in [0.15, 0.2) is 0 Å². The van der Waals surface area contributed by atoms with Crippen molar-refractivity contribution in [1.29, 1.82) is 0 Å². The highest BCUT2D eigenvalue weighted by Crippen LogP contribution is 2.17. The van der Waals surface area contributed by atoms with Crippen LogP contribution in [0.15, 0.2) is 0 Å². The molecule has 0 aliphatic carbocycles. The first-order chi connectivity index (χ1) is 6.81. The van der Waals surface area contributed by atoms with Crippen LogP contribution in [0.5, 0.6) is 0 Å². The molecule has 1 fully saturated rings. The van der Waals surface area contributed by atoms with E-state index in [2.05, 4.69) is 10.2 Å². The van der Waals surface area contributed by atoms with Crippen molar-refractivity contribution >= 4 is 11.6 Å². The van der Waals surface area contributed by atoms with Gasteiger partial charge in [0.1, 0.15) is 5.82 Å². The summed E-state index contributed by atoms with van der Waals surface area (Å²) in [6, 6.07) is 0. The third kappa shape index (κ3) is 1.91. The molecule has 1 aromatic rings. The fourth-order valence-corrected chi connectivity index (χ4v) is 1.95. The summed E-state index contributed by atoms with van der Waals surface area (Å²) in [4.78, 5) is 0. The second-order valence-corrected chi connectivity index (χ2v) is 3.82. The Labute approximate surface area is 88.2 Å². The second kappa shape index (κ2) is 4.28. The van der Waals surface area contributed by atoms with Crippen LogP contribution in [-0.4, -0.2) is 27.5 Å². The van der Waals surface area contributed by atoms with E-state index in [1.807, 2.05) is 11.5 Å². The van der Waals surface area contributed by atoms with E-state index in [1.54, 1.807) is 0 Å². The summed E-state index contributed by atoms with van der Waals surface area (Å²) in [5.41, 5.74) is 0. The van der Waals surface area contributed by atoms with E-state index in [0.717, 1.165) is 38.2 Å². The topological polar surface area (TPSA) is 39.9 Å². The van der Waals surface area contributed by atoms with Gasteiger partial charge in [0.05, 0.1) is 12.6 Å². The van der Waals surface area contributed by atoms with Crippen LogP contribution >= 0.6 is 11.6 Å². The van der Waals surface area contributed by atoms with E-state index in [0.29, 0.717) is 5.28 Å². The van der Waals surface area contributed by atoms with Gasteiger partial charge in [-0.25, -0.2) is 0 Å². The van der Waals surface area contributed by atoms with Crippen LogP contribution in [0.4, 0.5) is 0 Å². The normalized spacial score (nSPS) is 21.7. The lowest BCUT2D eigenvalue weighted by Crippen LogP contribution is -2.16. The number of nitrogens with zero attached hydrogens (tertiary/aromatic N) is 3. The molecule has 0 bridgehead atoms. The molecule has 2 heterocycles. The maximum atomic E-state index is 5.94. The zero-order valence-corrected chi connectivity index (χ0v) is 9.00. The van der Waals surface area contributed by atoms with Gasteiger partial charge in [-0.05, 0) is 24.4 Å². The van der Waals surface area contributed by atoms with E-state index in [4.69, 9.17) is 16.3 Å². The predicted molar refractivity (Wildman–Crippen MR) is 53.4 cm³/mol. The average molecular weight is 216 g/mol.